The van der Waals surface area contributed by atoms with E-state index in [2.05, 4.69) is 10.6 Å². The number of fused-ring (bicyclic) bond motifs is 3. The zero-order valence-electron chi connectivity index (χ0n) is 20.1. The van der Waals surface area contributed by atoms with Crippen LogP contribution in [0, 0.1) is 5.41 Å². The fourth-order valence-corrected chi connectivity index (χ4v) is 4.18. The summed E-state index contributed by atoms with van der Waals surface area (Å²) in [5.41, 5.74) is 3.64. The number of aliphatic carboxylic acids is 1. The van der Waals surface area contributed by atoms with Crippen molar-refractivity contribution < 1.29 is 29.0 Å². The summed E-state index contributed by atoms with van der Waals surface area (Å²) >= 11 is 0. The van der Waals surface area contributed by atoms with Crippen molar-refractivity contribution in [1.82, 2.24) is 10.6 Å². The monoisotopic (exact) mass is 468 g/mol. The molecule has 2 unspecified atom stereocenters. The number of carboxylic acids is 1. The van der Waals surface area contributed by atoms with Gasteiger partial charge in [-0.15, -0.1) is 0 Å². The van der Waals surface area contributed by atoms with E-state index in [0.29, 0.717) is 0 Å². The van der Waals surface area contributed by atoms with Crippen molar-refractivity contribution >= 4 is 18.0 Å². The van der Waals surface area contributed by atoms with Crippen molar-refractivity contribution in [2.45, 2.75) is 51.8 Å². The zero-order valence-corrected chi connectivity index (χ0v) is 20.1. The Balaban J connectivity index is 1.70. The first-order valence-electron chi connectivity index (χ1n) is 11.2. The van der Waals surface area contributed by atoms with Crippen molar-refractivity contribution in [2.24, 2.45) is 5.41 Å². The van der Waals surface area contributed by atoms with E-state index in [-0.39, 0.29) is 12.5 Å². The highest BCUT2D eigenvalue weighted by atomic mass is 16.5. The first-order valence-corrected chi connectivity index (χ1v) is 11.2. The van der Waals surface area contributed by atoms with Crippen LogP contribution in [-0.4, -0.2) is 55.0 Å². The highest BCUT2D eigenvalue weighted by molar-refractivity contribution is 5.90. The molecule has 0 saturated carbocycles. The van der Waals surface area contributed by atoms with Gasteiger partial charge in [0.05, 0.1) is 6.10 Å². The van der Waals surface area contributed by atoms with Gasteiger partial charge in [-0.25, -0.2) is 9.59 Å². The van der Waals surface area contributed by atoms with Crippen LogP contribution in [0.3, 0.4) is 0 Å². The standard InChI is InChI=1S/C26H32N2O6/c1-15(33-5)21(23(29)28-22(24(30)31)26(2,3)4)27-25(32)34-14-20-18-12-8-6-10-16(18)17-11-7-9-13-19(17)20/h6-13,15,20-22H,14H2,1-5H3,(H,27,32)(H,28,29)(H,30,31)/t15?,21?,22-/m1/s1. The van der Waals surface area contributed by atoms with Gasteiger partial charge in [-0.2, -0.15) is 0 Å². The lowest BCUT2D eigenvalue weighted by molar-refractivity contribution is -0.145. The molecule has 0 aliphatic heterocycles. The molecule has 3 N–H and O–H groups in total. The van der Waals surface area contributed by atoms with Gasteiger partial charge in [-0.05, 0) is 34.6 Å². The molecule has 0 spiro atoms. The highest BCUT2D eigenvalue weighted by Crippen LogP contribution is 2.44. The van der Waals surface area contributed by atoms with Crippen LogP contribution >= 0.6 is 0 Å². The number of ether oxygens (including phenoxy) is 2. The van der Waals surface area contributed by atoms with Gasteiger partial charge >= 0.3 is 12.1 Å². The molecule has 0 aromatic heterocycles. The Hall–Kier alpha value is -3.39. The maximum Gasteiger partial charge on any atom is 0.407 e. The van der Waals surface area contributed by atoms with E-state index in [1.807, 2.05) is 48.5 Å². The topological polar surface area (TPSA) is 114 Å². The summed E-state index contributed by atoms with van der Waals surface area (Å²) in [5.74, 6) is -1.95. The van der Waals surface area contributed by atoms with Crippen LogP contribution in [0.15, 0.2) is 48.5 Å². The molecule has 8 nitrogen and oxygen atoms in total. The quantitative estimate of drug-likeness (QED) is 0.546. The van der Waals surface area contributed by atoms with E-state index < -0.39 is 41.6 Å². The van der Waals surface area contributed by atoms with Crippen molar-refractivity contribution in [3.8, 4) is 11.1 Å². The Morgan fingerprint density at radius 2 is 1.50 bits per heavy atom. The molecule has 0 bridgehead atoms. The summed E-state index contributed by atoms with van der Waals surface area (Å²) in [5, 5.41) is 14.6. The molecule has 0 saturated heterocycles. The third kappa shape index (κ3) is 5.39. The molecule has 2 aromatic rings. The lowest BCUT2D eigenvalue weighted by atomic mass is 9.86. The number of carbonyl (C=O) groups is 3. The number of methoxy groups -OCH3 is 1. The van der Waals surface area contributed by atoms with Crippen LogP contribution in [0.4, 0.5) is 4.79 Å². The van der Waals surface area contributed by atoms with Gasteiger partial charge in [0.15, 0.2) is 0 Å². The molecule has 1 aliphatic carbocycles. The zero-order chi connectivity index (χ0) is 25.0. The van der Waals surface area contributed by atoms with Crippen LogP contribution in [0.5, 0.6) is 0 Å². The second-order valence-electron chi connectivity index (χ2n) is 9.53. The summed E-state index contributed by atoms with van der Waals surface area (Å²) < 4.78 is 10.8. The summed E-state index contributed by atoms with van der Waals surface area (Å²) in [6, 6.07) is 13.7. The molecule has 34 heavy (non-hydrogen) atoms. The Bertz CT molecular complexity index is 1020. The molecule has 1 aliphatic rings. The van der Waals surface area contributed by atoms with Gasteiger partial charge in [-0.3, -0.25) is 4.79 Å². The van der Waals surface area contributed by atoms with Gasteiger partial charge < -0.3 is 25.2 Å². The van der Waals surface area contributed by atoms with Gasteiger partial charge in [0.2, 0.25) is 5.91 Å². The normalized spacial score (nSPS) is 15.4. The van der Waals surface area contributed by atoms with Crippen molar-refractivity contribution in [1.29, 1.82) is 0 Å². The molecular formula is C26H32N2O6. The Labute approximate surface area is 199 Å². The van der Waals surface area contributed by atoms with E-state index in [9.17, 15) is 19.5 Å². The number of benzene rings is 2. The predicted octanol–water partition coefficient (Wildman–Crippen LogP) is 3.54. The van der Waals surface area contributed by atoms with Crippen LogP contribution in [0.2, 0.25) is 0 Å². The number of carboxylic acid groups (broad SMARTS) is 1. The Kier molecular flexibility index (Phi) is 7.61. The molecule has 0 fully saturated rings. The lowest BCUT2D eigenvalue weighted by Crippen LogP contribution is -2.58. The van der Waals surface area contributed by atoms with Crippen LogP contribution in [0.1, 0.15) is 44.7 Å². The smallest absolute Gasteiger partial charge is 0.407 e. The number of hydrogen-bond acceptors (Lipinski definition) is 5. The number of nitrogens with one attached hydrogen (secondary N) is 2. The molecule has 8 heteroatoms. The minimum Gasteiger partial charge on any atom is -0.480 e. The third-order valence-electron chi connectivity index (χ3n) is 6.14. The maximum absolute atomic E-state index is 12.9. The number of rotatable bonds is 8. The van der Waals surface area contributed by atoms with Crippen LogP contribution < -0.4 is 10.6 Å². The van der Waals surface area contributed by atoms with Gasteiger partial charge in [-0.1, -0.05) is 69.3 Å². The number of alkyl carbamates (subject to hydrolysis) is 1. The van der Waals surface area contributed by atoms with Crippen LogP contribution in [-0.2, 0) is 19.1 Å². The minimum atomic E-state index is -1.16. The van der Waals surface area contributed by atoms with E-state index >= 15 is 0 Å². The summed E-state index contributed by atoms with van der Waals surface area (Å²) in [6.07, 6.45) is -1.50. The second kappa shape index (κ2) is 10.3. The number of carbonyl (C=O) groups excluding carboxylic acids is 2. The Morgan fingerprint density at radius 3 is 1.97 bits per heavy atom. The van der Waals surface area contributed by atoms with Gasteiger partial charge in [0.25, 0.3) is 0 Å². The molecule has 2 aromatic carbocycles. The molecule has 3 atom stereocenters. The first-order chi connectivity index (χ1) is 16.0. The third-order valence-corrected chi connectivity index (χ3v) is 6.14. The largest absolute Gasteiger partial charge is 0.480 e. The minimum absolute atomic E-state index is 0.0926. The number of hydrogen-bond donors (Lipinski definition) is 3. The molecule has 0 heterocycles. The molecular weight excluding hydrogens is 436 g/mol. The maximum atomic E-state index is 12.9. The van der Waals surface area contributed by atoms with E-state index in [1.54, 1.807) is 27.7 Å². The van der Waals surface area contributed by atoms with Crippen molar-refractivity contribution in [3.63, 3.8) is 0 Å². The van der Waals surface area contributed by atoms with Crippen molar-refractivity contribution in [2.75, 3.05) is 13.7 Å². The molecule has 182 valence electrons. The molecule has 0 radical (unpaired) electrons. The van der Waals surface area contributed by atoms with E-state index in [4.69, 9.17) is 9.47 Å². The summed E-state index contributed by atoms with van der Waals surface area (Å²) in [6.45, 7) is 6.83. The molecule has 3 rings (SSSR count). The average Bonchev–Trinajstić information content (AvgIpc) is 3.11. The SMILES string of the molecule is COC(C)C(NC(=O)OCC1c2ccccc2-c2ccccc21)C(=O)N[C@H](C(=O)O)C(C)(C)C. The summed E-state index contributed by atoms with van der Waals surface area (Å²) in [4.78, 5) is 37.3. The fourth-order valence-electron chi connectivity index (χ4n) is 4.18. The fraction of sp³-hybridized carbons (Fsp3) is 0.423. The predicted molar refractivity (Wildman–Crippen MR) is 127 cm³/mol. The highest BCUT2D eigenvalue weighted by Gasteiger charge is 2.37. The van der Waals surface area contributed by atoms with Gasteiger partial charge in [0, 0.05) is 13.0 Å². The average molecular weight is 469 g/mol. The lowest BCUT2D eigenvalue weighted by Gasteiger charge is -2.30. The van der Waals surface area contributed by atoms with Gasteiger partial charge in [0.1, 0.15) is 18.7 Å². The van der Waals surface area contributed by atoms with E-state index in [1.165, 1.54) is 7.11 Å². The molecule has 2 amide bonds. The van der Waals surface area contributed by atoms with Crippen molar-refractivity contribution in [3.05, 3.63) is 59.7 Å². The van der Waals surface area contributed by atoms with Crippen LogP contribution in [0.25, 0.3) is 11.1 Å². The first kappa shape index (κ1) is 25.2. The Morgan fingerprint density at radius 1 is 0.971 bits per heavy atom. The summed E-state index contributed by atoms with van der Waals surface area (Å²) in [7, 11) is 1.41. The van der Waals surface area contributed by atoms with E-state index in [0.717, 1.165) is 22.3 Å². The number of amides is 2. The second-order valence-corrected chi connectivity index (χ2v) is 9.53.